The molecule has 0 fully saturated rings. The van der Waals surface area contributed by atoms with Crippen LogP contribution in [0.4, 0.5) is 0 Å². The quantitative estimate of drug-likeness (QED) is 0.538. The molecule has 3 nitrogen and oxygen atoms in total. The zero-order chi connectivity index (χ0) is 16.7. The molecule has 3 heteroatoms. The minimum absolute atomic E-state index is 0.784. The Bertz CT molecular complexity index is 1070. The normalized spacial score (nSPS) is 11.3. The van der Waals surface area contributed by atoms with Gasteiger partial charge in [0.15, 0.2) is 0 Å². The van der Waals surface area contributed by atoms with Gasteiger partial charge in [0.25, 0.3) is 0 Å². The van der Waals surface area contributed by atoms with E-state index < -0.39 is 0 Å². The third-order valence-electron chi connectivity index (χ3n) is 4.54. The number of hydrogen-bond acceptors (Lipinski definition) is 3. The number of benzene rings is 2. The van der Waals surface area contributed by atoms with Gasteiger partial charge in [0, 0.05) is 17.5 Å². The van der Waals surface area contributed by atoms with Crippen molar-refractivity contribution in [2.24, 2.45) is 0 Å². The van der Waals surface area contributed by atoms with Crippen molar-refractivity contribution < 1.29 is 0 Å². The Labute approximate surface area is 141 Å². The molecule has 24 heavy (non-hydrogen) atoms. The Kier molecular flexibility index (Phi) is 3.49. The summed E-state index contributed by atoms with van der Waals surface area (Å²) >= 11 is 0. The summed E-state index contributed by atoms with van der Waals surface area (Å²) in [6, 6.07) is 16.7. The molecule has 118 valence electrons. The highest BCUT2D eigenvalue weighted by atomic mass is 14.8. The zero-order valence-corrected chi connectivity index (χ0v) is 14.2. The SMILES string of the molecule is Cc1cc2cc(Cc3nc4ccccc4nc3C)ccc2nc1C. The van der Waals surface area contributed by atoms with Crippen LogP contribution in [0.5, 0.6) is 0 Å². The van der Waals surface area contributed by atoms with Gasteiger partial charge in [-0.1, -0.05) is 18.2 Å². The van der Waals surface area contributed by atoms with Gasteiger partial charge in [-0.25, -0.2) is 9.97 Å². The number of pyridine rings is 1. The summed E-state index contributed by atoms with van der Waals surface area (Å²) in [6.07, 6.45) is 0.784. The molecule has 0 saturated carbocycles. The number of para-hydroxylation sites is 2. The fourth-order valence-corrected chi connectivity index (χ4v) is 3.02. The minimum Gasteiger partial charge on any atom is -0.253 e. The number of aryl methyl sites for hydroxylation is 3. The van der Waals surface area contributed by atoms with Crippen molar-refractivity contribution in [1.29, 1.82) is 0 Å². The van der Waals surface area contributed by atoms with Gasteiger partial charge >= 0.3 is 0 Å². The molecular weight excluding hydrogens is 294 g/mol. The van der Waals surface area contributed by atoms with Gasteiger partial charge in [-0.05, 0) is 62.2 Å². The van der Waals surface area contributed by atoms with Crippen LogP contribution in [0.3, 0.4) is 0 Å². The van der Waals surface area contributed by atoms with Crippen LogP contribution in [0, 0.1) is 20.8 Å². The molecule has 4 aromatic rings. The monoisotopic (exact) mass is 313 g/mol. The summed E-state index contributed by atoms with van der Waals surface area (Å²) in [5.74, 6) is 0. The summed E-state index contributed by atoms with van der Waals surface area (Å²) in [4.78, 5) is 14.1. The lowest BCUT2D eigenvalue weighted by atomic mass is 10.0. The second kappa shape index (κ2) is 5.68. The van der Waals surface area contributed by atoms with Gasteiger partial charge in [-0.2, -0.15) is 0 Å². The van der Waals surface area contributed by atoms with E-state index in [0.717, 1.165) is 40.1 Å². The molecule has 0 N–H and O–H groups in total. The maximum Gasteiger partial charge on any atom is 0.0890 e. The first-order valence-corrected chi connectivity index (χ1v) is 8.19. The molecule has 0 radical (unpaired) electrons. The van der Waals surface area contributed by atoms with E-state index in [1.165, 1.54) is 16.5 Å². The highest BCUT2D eigenvalue weighted by Crippen LogP contribution is 2.21. The molecule has 0 amide bonds. The van der Waals surface area contributed by atoms with Crippen LogP contribution in [0.25, 0.3) is 21.9 Å². The van der Waals surface area contributed by atoms with Crippen molar-refractivity contribution in [3.63, 3.8) is 0 Å². The molecular formula is C21H19N3. The molecule has 0 bridgehead atoms. The Morgan fingerprint density at radius 2 is 1.42 bits per heavy atom. The molecule has 2 aromatic heterocycles. The molecule has 4 rings (SSSR count). The summed E-state index contributed by atoms with van der Waals surface area (Å²) < 4.78 is 0. The van der Waals surface area contributed by atoms with Crippen LogP contribution in [0.15, 0.2) is 48.5 Å². The lowest BCUT2D eigenvalue weighted by Crippen LogP contribution is -2.00. The standard InChI is InChI=1S/C21H19N3/c1-13-10-17-11-16(8-9-18(17)22-14(13)2)12-21-15(3)23-19-6-4-5-7-20(19)24-21/h4-11H,12H2,1-3H3. The van der Waals surface area contributed by atoms with Crippen LogP contribution in [-0.2, 0) is 6.42 Å². The van der Waals surface area contributed by atoms with Gasteiger partial charge in [0.1, 0.15) is 0 Å². The lowest BCUT2D eigenvalue weighted by molar-refractivity contribution is 1.02. The van der Waals surface area contributed by atoms with Gasteiger partial charge in [0.2, 0.25) is 0 Å². The molecule has 0 atom stereocenters. The third kappa shape index (κ3) is 2.62. The van der Waals surface area contributed by atoms with Gasteiger partial charge < -0.3 is 0 Å². The van der Waals surface area contributed by atoms with Crippen molar-refractivity contribution in [2.45, 2.75) is 27.2 Å². The van der Waals surface area contributed by atoms with E-state index in [2.05, 4.69) is 48.1 Å². The van der Waals surface area contributed by atoms with E-state index in [1.807, 2.05) is 31.2 Å². The Morgan fingerprint density at radius 3 is 2.21 bits per heavy atom. The van der Waals surface area contributed by atoms with Crippen molar-refractivity contribution in [2.75, 3.05) is 0 Å². The number of hydrogen-bond donors (Lipinski definition) is 0. The average Bonchev–Trinajstić information content (AvgIpc) is 2.57. The number of nitrogens with zero attached hydrogens (tertiary/aromatic N) is 3. The van der Waals surface area contributed by atoms with E-state index >= 15 is 0 Å². The van der Waals surface area contributed by atoms with E-state index in [0.29, 0.717) is 0 Å². The van der Waals surface area contributed by atoms with Crippen LogP contribution in [0.2, 0.25) is 0 Å². The Balaban J connectivity index is 1.76. The third-order valence-corrected chi connectivity index (χ3v) is 4.54. The van der Waals surface area contributed by atoms with E-state index in [-0.39, 0.29) is 0 Å². The first-order valence-electron chi connectivity index (χ1n) is 8.19. The van der Waals surface area contributed by atoms with Crippen LogP contribution in [-0.4, -0.2) is 15.0 Å². The van der Waals surface area contributed by atoms with Crippen LogP contribution in [0.1, 0.15) is 28.2 Å². The Hall–Kier alpha value is -2.81. The summed E-state index contributed by atoms with van der Waals surface area (Å²) in [5, 5.41) is 1.18. The predicted octanol–water partition coefficient (Wildman–Crippen LogP) is 4.69. The van der Waals surface area contributed by atoms with E-state index in [4.69, 9.17) is 4.98 Å². The predicted molar refractivity (Wildman–Crippen MR) is 98.3 cm³/mol. The van der Waals surface area contributed by atoms with Crippen molar-refractivity contribution in [1.82, 2.24) is 15.0 Å². The molecule has 0 aliphatic rings. The highest BCUT2D eigenvalue weighted by molar-refractivity contribution is 5.80. The maximum absolute atomic E-state index is 4.80. The molecule has 2 heterocycles. The molecule has 0 unspecified atom stereocenters. The summed E-state index contributed by atoms with van der Waals surface area (Å²) in [6.45, 7) is 6.19. The Morgan fingerprint density at radius 1 is 0.708 bits per heavy atom. The number of fused-ring (bicyclic) bond motifs is 2. The fraction of sp³-hybridized carbons (Fsp3) is 0.190. The molecule has 0 spiro atoms. The van der Waals surface area contributed by atoms with Gasteiger partial charge in [0.05, 0.1) is 27.9 Å². The van der Waals surface area contributed by atoms with E-state index in [9.17, 15) is 0 Å². The lowest BCUT2D eigenvalue weighted by Gasteiger charge is -2.09. The number of rotatable bonds is 2. The van der Waals surface area contributed by atoms with Crippen molar-refractivity contribution in [3.05, 3.63) is 76.7 Å². The smallest absolute Gasteiger partial charge is 0.0890 e. The fourth-order valence-electron chi connectivity index (χ4n) is 3.02. The maximum atomic E-state index is 4.80. The van der Waals surface area contributed by atoms with Crippen LogP contribution < -0.4 is 0 Å². The average molecular weight is 313 g/mol. The van der Waals surface area contributed by atoms with Crippen molar-refractivity contribution >= 4 is 21.9 Å². The van der Waals surface area contributed by atoms with Crippen LogP contribution >= 0.6 is 0 Å². The highest BCUT2D eigenvalue weighted by Gasteiger charge is 2.07. The first-order chi connectivity index (χ1) is 11.6. The van der Waals surface area contributed by atoms with Crippen molar-refractivity contribution in [3.8, 4) is 0 Å². The molecule has 0 aliphatic heterocycles. The second-order valence-electron chi connectivity index (χ2n) is 6.34. The summed E-state index contributed by atoms with van der Waals surface area (Å²) in [5.41, 5.74) is 8.52. The van der Waals surface area contributed by atoms with Gasteiger partial charge in [-0.15, -0.1) is 0 Å². The minimum atomic E-state index is 0.784. The van der Waals surface area contributed by atoms with Gasteiger partial charge in [-0.3, -0.25) is 4.98 Å². The zero-order valence-electron chi connectivity index (χ0n) is 14.2. The topological polar surface area (TPSA) is 38.7 Å². The molecule has 0 aliphatic carbocycles. The molecule has 2 aromatic carbocycles. The number of aromatic nitrogens is 3. The molecule has 0 saturated heterocycles. The largest absolute Gasteiger partial charge is 0.253 e. The second-order valence-corrected chi connectivity index (χ2v) is 6.34. The summed E-state index contributed by atoms with van der Waals surface area (Å²) in [7, 11) is 0. The van der Waals surface area contributed by atoms with E-state index in [1.54, 1.807) is 0 Å². The first kappa shape index (κ1) is 14.8.